The first-order chi connectivity index (χ1) is 16.1. The van der Waals surface area contributed by atoms with Gasteiger partial charge < -0.3 is 4.74 Å². The number of benzene rings is 3. The molecule has 3 unspecified atom stereocenters. The molecule has 3 aromatic carbocycles. The fourth-order valence-corrected chi connectivity index (χ4v) is 4.41. The molecule has 0 radical (unpaired) electrons. The predicted octanol–water partition coefficient (Wildman–Crippen LogP) is 4.67. The Balaban J connectivity index is 1.51. The third-order valence-electron chi connectivity index (χ3n) is 5.92. The van der Waals surface area contributed by atoms with Gasteiger partial charge in [0.25, 0.3) is 5.91 Å². The zero-order chi connectivity index (χ0) is 22.9. The molecule has 0 aromatic heterocycles. The maximum atomic E-state index is 14.9. The number of amides is 2. The number of carbonyl (C=O) groups excluding carboxylic acids is 2. The molecule has 2 saturated heterocycles. The van der Waals surface area contributed by atoms with E-state index in [1.165, 1.54) is 11.1 Å². The second kappa shape index (κ2) is 8.67. The standard InChI is InChI=1S/C26H23FN2O4/c1-2-16-32-19-14-12-17(13-15-19)28-25(30)22-23(20-10-6-7-11-21(20)27)29(33-24(22)26(28)31)18-8-4-3-5-9-18/h3-15,22-24H,2,16H2,1H3. The highest BCUT2D eigenvalue weighted by Crippen LogP contribution is 2.48. The van der Waals surface area contributed by atoms with Gasteiger partial charge in [-0.15, -0.1) is 0 Å². The number of rotatable bonds is 6. The molecule has 168 valence electrons. The normalized spacial score (nSPS) is 22.1. The Hall–Kier alpha value is -3.71. The molecule has 3 atom stereocenters. The number of imide groups is 1. The van der Waals surface area contributed by atoms with Crippen molar-refractivity contribution in [1.29, 1.82) is 0 Å². The van der Waals surface area contributed by atoms with E-state index in [9.17, 15) is 14.0 Å². The number of carbonyl (C=O) groups is 2. The number of anilines is 2. The Kier molecular flexibility index (Phi) is 5.56. The number of nitrogens with zero attached hydrogens (tertiary/aromatic N) is 2. The van der Waals surface area contributed by atoms with Crippen LogP contribution in [0.3, 0.4) is 0 Å². The fourth-order valence-electron chi connectivity index (χ4n) is 4.41. The van der Waals surface area contributed by atoms with E-state index < -0.39 is 35.7 Å². The van der Waals surface area contributed by atoms with Crippen LogP contribution in [0.2, 0.25) is 0 Å². The number of hydrogen-bond donors (Lipinski definition) is 0. The molecule has 2 aliphatic heterocycles. The molecule has 2 heterocycles. The number of halogens is 1. The lowest BCUT2D eigenvalue weighted by atomic mass is 9.90. The fraction of sp³-hybridized carbons (Fsp3) is 0.231. The first kappa shape index (κ1) is 21.2. The van der Waals surface area contributed by atoms with Crippen molar-refractivity contribution in [3.63, 3.8) is 0 Å². The lowest BCUT2D eigenvalue weighted by molar-refractivity contribution is -0.126. The lowest BCUT2D eigenvalue weighted by Gasteiger charge is -2.29. The summed E-state index contributed by atoms with van der Waals surface area (Å²) >= 11 is 0. The van der Waals surface area contributed by atoms with Crippen LogP contribution in [0.5, 0.6) is 5.75 Å². The van der Waals surface area contributed by atoms with Gasteiger partial charge in [0.1, 0.15) is 17.5 Å². The molecule has 5 rings (SSSR count). The van der Waals surface area contributed by atoms with Crippen molar-refractivity contribution in [3.8, 4) is 5.75 Å². The van der Waals surface area contributed by atoms with Crippen LogP contribution in [0.4, 0.5) is 15.8 Å². The molecule has 6 nitrogen and oxygen atoms in total. The topological polar surface area (TPSA) is 59.1 Å². The van der Waals surface area contributed by atoms with Gasteiger partial charge in [0.15, 0.2) is 6.10 Å². The van der Waals surface area contributed by atoms with Gasteiger partial charge in [-0.05, 0) is 48.9 Å². The molecule has 0 spiro atoms. The van der Waals surface area contributed by atoms with E-state index in [4.69, 9.17) is 9.57 Å². The minimum Gasteiger partial charge on any atom is -0.494 e. The van der Waals surface area contributed by atoms with Crippen molar-refractivity contribution in [2.45, 2.75) is 25.5 Å². The second-order valence-corrected chi connectivity index (χ2v) is 8.03. The first-order valence-electron chi connectivity index (χ1n) is 11.0. The minimum absolute atomic E-state index is 0.306. The third kappa shape index (κ3) is 3.64. The molecule has 0 N–H and O–H groups in total. The summed E-state index contributed by atoms with van der Waals surface area (Å²) in [7, 11) is 0. The Bertz CT molecular complexity index is 1170. The van der Waals surface area contributed by atoms with E-state index >= 15 is 0 Å². The highest BCUT2D eigenvalue weighted by atomic mass is 19.1. The van der Waals surface area contributed by atoms with Crippen LogP contribution in [0.1, 0.15) is 24.9 Å². The Morgan fingerprint density at radius 3 is 2.27 bits per heavy atom. The molecule has 2 fully saturated rings. The van der Waals surface area contributed by atoms with Gasteiger partial charge in [-0.3, -0.25) is 14.4 Å². The van der Waals surface area contributed by atoms with Crippen molar-refractivity contribution in [1.82, 2.24) is 0 Å². The van der Waals surface area contributed by atoms with E-state index in [0.717, 1.165) is 11.3 Å². The highest BCUT2D eigenvalue weighted by molar-refractivity contribution is 6.23. The smallest absolute Gasteiger partial charge is 0.266 e. The maximum Gasteiger partial charge on any atom is 0.266 e. The zero-order valence-electron chi connectivity index (χ0n) is 18.1. The van der Waals surface area contributed by atoms with Crippen LogP contribution in [-0.4, -0.2) is 24.5 Å². The largest absolute Gasteiger partial charge is 0.494 e. The monoisotopic (exact) mass is 446 g/mol. The van der Waals surface area contributed by atoms with E-state index in [-0.39, 0.29) is 0 Å². The van der Waals surface area contributed by atoms with E-state index in [2.05, 4.69) is 0 Å². The van der Waals surface area contributed by atoms with E-state index in [1.807, 2.05) is 25.1 Å². The van der Waals surface area contributed by atoms with Crippen molar-refractivity contribution >= 4 is 23.2 Å². The summed E-state index contributed by atoms with van der Waals surface area (Å²) in [4.78, 5) is 34.1. The number of fused-ring (bicyclic) bond motifs is 1. The summed E-state index contributed by atoms with van der Waals surface area (Å²) in [5, 5.41) is 1.49. The predicted molar refractivity (Wildman–Crippen MR) is 121 cm³/mol. The van der Waals surface area contributed by atoms with Crippen molar-refractivity contribution < 1.29 is 23.6 Å². The van der Waals surface area contributed by atoms with Gasteiger partial charge in [0.2, 0.25) is 5.91 Å². The summed E-state index contributed by atoms with van der Waals surface area (Å²) in [6.07, 6.45) is -0.167. The molecular formula is C26H23FN2O4. The maximum absolute atomic E-state index is 14.9. The summed E-state index contributed by atoms with van der Waals surface area (Å²) in [6, 6.07) is 21.4. The number of ether oxygens (including phenoxy) is 1. The Morgan fingerprint density at radius 2 is 1.58 bits per heavy atom. The molecule has 0 saturated carbocycles. The number of hydroxylamine groups is 1. The van der Waals surface area contributed by atoms with Crippen molar-refractivity contribution in [2.24, 2.45) is 5.92 Å². The Labute approximate surface area is 191 Å². The Morgan fingerprint density at radius 1 is 0.879 bits per heavy atom. The minimum atomic E-state index is -1.04. The molecular weight excluding hydrogens is 423 g/mol. The van der Waals surface area contributed by atoms with Gasteiger partial charge in [0, 0.05) is 5.56 Å². The first-order valence-corrected chi connectivity index (χ1v) is 11.0. The molecule has 0 aliphatic carbocycles. The molecule has 7 heteroatoms. The molecule has 2 amide bonds. The third-order valence-corrected chi connectivity index (χ3v) is 5.92. The van der Waals surface area contributed by atoms with Crippen LogP contribution in [0, 0.1) is 11.7 Å². The molecule has 33 heavy (non-hydrogen) atoms. The van der Waals surface area contributed by atoms with Gasteiger partial charge >= 0.3 is 0 Å². The SMILES string of the molecule is CCCOc1ccc(N2C(=O)C3ON(c4ccccc4)C(c4ccccc4F)C3C2=O)cc1. The van der Waals surface area contributed by atoms with Crippen molar-refractivity contribution in [3.05, 3.63) is 90.2 Å². The van der Waals surface area contributed by atoms with Crippen LogP contribution in [0.25, 0.3) is 0 Å². The van der Waals surface area contributed by atoms with Crippen LogP contribution in [-0.2, 0) is 14.4 Å². The lowest BCUT2D eigenvalue weighted by Crippen LogP contribution is -2.37. The zero-order valence-corrected chi connectivity index (χ0v) is 18.1. The van der Waals surface area contributed by atoms with E-state index in [0.29, 0.717) is 29.3 Å². The number of para-hydroxylation sites is 1. The van der Waals surface area contributed by atoms with Crippen LogP contribution < -0.4 is 14.7 Å². The van der Waals surface area contributed by atoms with E-state index in [1.54, 1.807) is 54.6 Å². The van der Waals surface area contributed by atoms with Gasteiger partial charge in [0.05, 0.1) is 24.0 Å². The summed E-state index contributed by atoms with van der Waals surface area (Å²) in [5.41, 5.74) is 1.38. The molecule has 3 aromatic rings. The van der Waals surface area contributed by atoms with Gasteiger partial charge in [-0.1, -0.05) is 43.3 Å². The molecule has 0 bridgehead atoms. The van der Waals surface area contributed by atoms with Gasteiger partial charge in [-0.25, -0.2) is 14.4 Å². The summed E-state index contributed by atoms with van der Waals surface area (Å²) in [6.45, 7) is 2.60. The second-order valence-electron chi connectivity index (χ2n) is 8.03. The quantitative estimate of drug-likeness (QED) is 0.515. The van der Waals surface area contributed by atoms with Crippen LogP contribution in [0.15, 0.2) is 78.9 Å². The van der Waals surface area contributed by atoms with Crippen LogP contribution >= 0.6 is 0 Å². The summed E-state index contributed by atoms with van der Waals surface area (Å²) < 4.78 is 20.5. The summed E-state index contributed by atoms with van der Waals surface area (Å²) in [5.74, 6) is -1.56. The van der Waals surface area contributed by atoms with Crippen molar-refractivity contribution in [2.75, 3.05) is 16.6 Å². The number of hydrogen-bond acceptors (Lipinski definition) is 5. The molecule has 2 aliphatic rings. The average Bonchev–Trinajstić information content (AvgIpc) is 3.35. The average molecular weight is 446 g/mol. The van der Waals surface area contributed by atoms with Gasteiger partial charge in [-0.2, -0.15) is 0 Å². The highest BCUT2D eigenvalue weighted by Gasteiger charge is 2.60.